The summed E-state index contributed by atoms with van der Waals surface area (Å²) in [6.07, 6.45) is 9.05. The van der Waals surface area contributed by atoms with Crippen molar-refractivity contribution in [1.82, 2.24) is 4.90 Å². The molecule has 3 rings (SSSR count). The van der Waals surface area contributed by atoms with Crippen molar-refractivity contribution < 1.29 is 4.74 Å². The molecule has 0 spiro atoms. The molecule has 1 fully saturated rings. The number of rotatable bonds is 5. The Kier molecular flexibility index (Phi) is 4.58. The fraction of sp³-hybridized carbons (Fsp3) is 0.600. The lowest BCUT2D eigenvalue weighted by Gasteiger charge is -2.42. The lowest BCUT2D eigenvalue weighted by atomic mass is 9.68. The summed E-state index contributed by atoms with van der Waals surface area (Å²) in [5.41, 5.74) is 4.58. The Bertz CT molecular complexity index is 557. The Hall–Kier alpha value is -1.28. The van der Waals surface area contributed by atoms with Crippen molar-refractivity contribution in [3.8, 4) is 5.75 Å². The molecule has 1 aliphatic carbocycles. The van der Waals surface area contributed by atoms with E-state index < -0.39 is 0 Å². The van der Waals surface area contributed by atoms with Crippen molar-refractivity contribution in [2.45, 2.75) is 51.4 Å². The van der Waals surface area contributed by atoms with Gasteiger partial charge in [-0.25, -0.2) is 0 Å². The molecule has 2 aliphatic rings. The summed E-state index contributed by atoms with van der Waals surface area (Å²) in [4.78, 5) is 2.67. The number of likely N-dealkylation sites (tertiary alicyclic amines) is 1. The lowest BCUT2D eigenvalue weighted by Crippen LogP contribution is -2.44. The van der Waals surface area contributed by atoms with Gasteiger partial charge in [0.25, 0.3) is 0 Å². The van der Waals surface area contributed by atoms with Crippen LogP contribution in [0.25, 0.3) is 0 Å². The summed E-state index contributed by atoms with van der Waals surface area (Å²) in [6, 6.07) is 6.55. The Morgan fingerprint density at radius 1 is 1.18 bits per heavy atom. The number of ether oxygens (including phenoxy) is 1. The molecule has 2 nitrogen and oxygen atoms in total. The van der Waals surface area contributed by atoms with Crippen molar-refractivity contribution in [2.24, 2.45) is 0 Å². The van der Waals surface area contributed by atoms with Crippen molar-refractivity contribution in [3.63, 3.8) is 0 Å². The molecule has 1 unspecified atom stereocenters. The van der Waals surface area contributed by atoms with Crippen LogP contribution in [0.15, 0.2) is 29.8 Å². The normalized spacial score (nSPS) is 21.7. The largest absolute Gasteiger partial charge is 0.497 e. The number of hydrogen-bond donors (Lipinski definition) is 0. The Morgan fingerprint density at radius 3 is 2.50 bits per heavy atom. The molecule has 1 heterocycles. The fourth-order valence-corrected chi connectivity index (χ4v) is 4.04. The fourth-order valence-electron chi connectivity index (χ4n) is 4.04. The highest BCUT2D eigenvalue weighted by atomic mass is 16.5. The van der Waals surface area contributed by atoms with E-state index in [9.17, 15) is 0 Å². The molecule has 22 heavy (non-hydrogen) atoms. The second-order valence-corrected chi connectivity index (χ2v) is 7.12. The number of benzene rings is 1. The second kappa shape index (κ2) is 6.45. The van der Waals surface area contributed by atoms with Crippen LogP contribution in [-0.2, 0) is 5.41 Å². The molecule has 1 aromatic rings. The number of nitrogens with zero attached hydrogens (tertiary/aromatic N) is 1. The topological polar surface area (TPSA) is 12.5 Å². The molecule has 1 saturated heterocycles. The number of aryl methyl sites for hydroxylation is 1. The van der Waals surface area contributed by atoms with Gasteiger partial charge in [0.1, 0.15) is 5.75 Å². The highest BCUT2D eigenvalue weighted by molar-refractivity contribution is 5.46. The van der Waals surface area contributed by atoms with Crippen molar-refractivity contribution >= 4 is 0 Å². The van der Waals surface area contributed by atoms with E-state index in [-0.39, 0.29) is 5.41 Å². The predicted molar refractivity (Wildman–Crippen MR) is 92.7 cm³/mol. The van der Waals surface area contributed by atoms with E-state index >= 15 is 0 Å². The van der Waals surface area contributed by atoms with E-state index in [1.807, 2.05) is 0 Å². The van der Waals surface area contributed by atoms with Crippen molar-refractivity contribution in [3.05, 3.63) is 41.0 Å². The van der Waals surface area contributed by atoms with E-state index in [0.29, 0.717) is 0 Å². The van der Waals surface area contributed by atoms with Gasteiger partial charge in [-0.3, -0.25) is 0 Å². The minimum Gasteiger partial charge on any atom is -0.497 e. The molecule has 1 aromatic carbocycles. The van der Waals surface area contributed by atoms with E-state index in [4.69, 9.17) is 4.74 Å². The van der Waals surface area contributed by atoms with E-state index in [0.717, 1.165) is 12.3 Å². The smallest absolute Gasteiger partial charge is 0.119 e. The van der Waals surface area contributed by atoms with Gasteiger partial charge >= 0.3 is 0 Å². The first kappa shape index (κ1) is 15.6. The zero-order valence-corrected chi connectivity index (χ0v) is 14.3. The van der Waals surface area contributed by atoms with Crippen LogP contribution in [0, 0.1) is 6.92 Å². The van der Waals surface area contributed by atoms with Gasteiger partial charge in [-0.1, -0.05) is 31.1 Å². The van der Waals surface area contributed by atoms with Gasteiger partial charge < -0.3 is 9.64 Å². The SMILES string of the molecule is COc1ccc(C)c(C(C)(CN2CCCCC2)C2=CCC2)c1. The zero-order chi connectivity index (χ0) is 15.6. The van der Waals surface area contributed by atoms with Gasteiger partial charge in [0.15, 0.2) is 0 Å². The van der Waals surface area contributed by atoms with Crippen LogP contribution in [0.4, 0.5) is 0 Å². The number of allylic oxidation sites excluding steroid dienone is 1. The lowest BCUT2D eigenvalue weighted by molar-refractivity contribution is 0.192. The second-order valence-electron chi connectivity index (χ2n) is 7.12. The summed E-state index contributed by atoms with van der Waals surface area (Å²) >= 11 is 0. The zero-order valence-electron chi connectivity index (χ0n) is 14.3. The predicted octanol–water partition coefficient (Wildman–Crippen LogP) is 4.47. The summed E-state index contributed by atoms with van der Waals surface area (Å²) in [5, 5.41) is 0. The third-order valence-corrected chi connectivity index (χ3v) is 5.54. The summed E-state index contributed by atoms with van der Waals surface area (Å²) in [5.74, 6) is 0.977. The summed E-state index contributed by atoms with van der Waals surface area (Å²) in [6.45, 7) is 8.33. The van der Waals surface area contributed by atoms with Crippen LogP contribution in [0.3, 0.4) is 0 Å². The first-order chi connectivity index (χ1) is 10.6. The van der Waals surface area contributed by atoms with Crippen LogP contribution in [0.5, 0.6) is 5.75 Å². The minimum absolute atomic E-state index is 0.133. The van der Waals surface area contributed by atoms with Gasteiger partial charge in [-0.2, -0.15) is 0 Å². The van der Waals surface area contributed by atoms with Crippen LogP contribution < -0.4 is 4.74 Å². The highest BCUT2D eigenvalue weighted by Gasteiger charge is 2.36. The molecule has 0 aromatic heterocycles. The minimum atomic E-state index is 0.133. The highest BCUT2D eigenvalue weighted by Crippen LogP contribution is 2.42. The van der Waals surface area contributed by atoms with Crippen LogP contribution in [0.2, 0.25) is 0 Å². The van der Waals surface area contributed by atoms with Crippen LogP contribution >= 0.6 is 0 Å². The quantitative estimate of drug-likeness (QED) is 0.744. The molecule has 1 atom stereocenters. The van der Waals surface area contributed by atoms with Gasteiger partial charge in [0.05, 0.1) is 7.11 Å². The maximum Gasteiger partial charge on any atom is 0.119 e. The summed E-state index contributed by atoms with van der Waals surface area (Å²) < 4.78 is 5.49. The Balaban J connectivity index is 1.95. The van der Waals surface area contributed by atoms with Gasteiger partial charge in [-0.15, -0.1) is 0 Å². The third kappa shape index (κ3) is 2.94. The molecular weight excluding hydrogens is 270 g/mol. The molecule has 0 radical (unpaired) electrons. The standard InChI is InChI=1S/C20H29NO/c1-16-10-11-18(22-3)14-19(16)20(2,17-8-7-9-17)15-21-12-5-4-6-13-21/h8,10-11,14H,4-7,9,12-13,15H2,1-3H3. The number of hydrogen-bond acceptors (Lipinski definition) is 2. The molecule has 2 heteroatoms. The average Bonchev–Trinajstić information content (AvgIpc) is 2.46. The molecule has 0 amide bonds. The maximum atomic E-state index is 5.49. The van der Waals surface area contributed by atoms with Gasteiger partial charge in [0.2, 0.25) is 0 Å². The molecule has 1 aliphatic heterocycles. The first-order valence-corrected chi connectivity index (χ1v) is 8.70. The molecule has 120 valence electrons. The maximum absolute atomic E-state index is 5.49. The van der Waals surface area contributed by atoms with E-state index in [2.05, 4.69) is 43.0 Å². The van der Waals surface area contributed by atoms with E-state index in [1.54, 1.807) is 12.7 Å². The van der Waals surface area contributed by atoms with Crippen LogP contribution in [-0.4, -0.2) is 31.6 Å². The monoisotopic (exact) mass is 299 g/mol. The van der Waals surface area contributed by atoms with Crippen molar-refractivity contribution in [2.75, 3.05) is 26.7 Å². The molecule has 0 N–H and O–H groups in total. The first-order valence-electron chi connectivity index (χ1n) is 8.70. The average molecular weight is 299 g/mol. The Labute approximate surface area is 135 Å². The van der Waals surface area contributed by atoms with Crippen LogP contribution in [0.1, 0.15) is 50.2 Å². The molecule has 0 saturated carbocycles. The summed E-state index contributed by atoms with van der Waals surface area (Å²) in [7, 11) is 1.76. The third-order valence-electron chi connectivity index (χ3n) is 5.54. The Morgan fingerprint density at radius 2 is 1.91 bits per heavy atom. The number of methoxy groups -OCH3 is 1. The molecule has 0 bridgehead atoms. The van der Waals surface area contributed by atoms with Gasteiger partial charge in [-0.05, 0) is 69.0 Å². The van der Waals surface area contributed by atoms with Crippen molar-refractivity contribution in [1.29, 1.82) is 0 Å². The van der Waals surface area contributed by atoms with Gasteiger partial charge in [0, 0.05) is 12.0 Å². The molecular formula is C20H29NO. The van der Waals surface area contributed by atoms with E-state index in [1.165, 1.54) is 56.3 Å². The number of piperidine rings is 1.